The van der Waals surface area contributed by atoms with E-state index in [0.29, 0.717) is 12.4 Å². The number of nitrogens with zero attached hydrogens (tertiary/aromatic N) is 1. The maximum absolute atomic E-state index is 12.3. The molecule has 1 aromatic rings. The van der Waals surface area contributed by atoms with Crippen molar-refractivity contribution in [3.05, 3.63) is 33.1 Å². The van der Waals surface area contributed by atoms with Crippen molar-refractivity contribution in [2.45, 2.75) is 76.5 Å². The summed E-state index contributed by atoms with van der Waals surface area (Å²) < 4.78 is 22.4. The minimum absolute atomic E-state index is 0.00890. The van der Waals surface area contributed by atoms with Gasteiger partial charge in [-0.15, -0.1) is 0 Å². The zero-order chi connectivity index (χ0) is 28.9. The lowest BCUT2D eigenvalue weighted by molar-refractivity contribution is -0.117. The molecule has 218 valence electrons. The van der Waals surface area contributed by atoms with Crippen LogP contribution in [0.15, 0.2) is 21.9 Å². The number of halogens is 2. The standard InChI is InChI=1S/C22H36Cl2N3O8PS2/c1-13(2)32-11-14(3)26-36(37,33-9-10-38-19(30)21(4,5)6)34-12-15-17(29)22(23,24)18(35-15)27-8-7-16(28)25-20(27)31/h7-8,13-15,17-18,29H,9-12H2,1-6H3,(H,26,37)(H,25,28,31)/t14?,15-,17-,18-,36?/m1/s1. The number of nitrogens with one attached hydrogen (secondary N) is 2. The lowest BCUT2D eigenvalue weighted by Crippen LogP contribution is -2.41. The molecule has 0 aromatic carbocycles. The first-order valence-corrected chi connectivity index (χ1v) is 16.3. The zero-order valence-corrected chi connectivity index (χ0v) is 26.2. The molecule has 0 radical (unpaired) electrons. The minimum atomic E-state index is -3.18. The van der Waals surface area contributed by atoms with Crippen molar-refractivity contribution < 1.29 is 28.4 Å². The van der Waals surface area contributed by atoms with Crippen LogP contribution >= 0.6 is 41.6 Å². The number of carbonyl (C=O) groups is 1. The van der Waals surface area contributed by atoms with Crippen LogP contribution < -0.4 is 16.3 Å². The van der Waals surface area contributed by atoms with E-state index in [9.17, 15) is 19.5 Å². The van der Waals surface area contributed by atoms with Gasteiger partial charge >= 0.3 is 5.69 Å². The van der Waals surface area contributed by atoms with Gasteiger partial charge in [-0.2, -0.15) is 0 Å². The number of ether oxygens (including phenoxy) is 2. The molecule has 1 fully saturated rings. The van der Waals surface area contributed by atoms with Crippen LogP contribution in [0.1, 0.15) is 47.8 Å². The van der Waals surface area contributed by atoms with Crippen molar-refractivity contribution in [1.29, 1.82) is 0 Å². The number of hydrogen-bond acceptors (Lipinski definition) is 10. The molecule has 0 aliphatic carbocycles. The average molecular weight is 637 g/mol. The number of aliphatic hydroxyl groups excluding tert-OH is 1. The van der Waals surface area contributed by atoms with E-state index in [1.807, 2.05) is 41.5 Å². The van der Waals surface area contributed by atoms with Crippen LogP contribution in [-0.2, 0) is 35.1 Å². The van der Waals surface area contributed by atoms with E-state index in [0.717, 1.165) is 22.4 Å². The van der Waals surface area contributed by atoms with Crippen molar-refractivity contribution in [1.82, 2.24) is 14.6 Å². The molecule has 16 heteroatoms. The van der Waals surface area contributed by atoms with E-state index in [1.54, 1.807) is 0 Å². The van der Waals surface area contributed by atoms with Gasteiger partial charge in [-0.3, -0.25) is 19.1 Å². The SMILES string of the molecule is CC(COC(C)C)NP(=S)(OCCSC(=O)C(C)(C)C)OC[C@H]1O[C@@H](n2ccc(=O)[nH]c2=O)C(Cl)(Cl)[C@@H]1O. The average Bonchev–Trinajstić information content (AvgIpc) is 3.02. The van der Waals surface area contributed by atoms with Crippen LogP contribution in [0.25, 0.3) is 0 Å². The number of thioether (sulfide) groups is 1. The Balaban J connectivity index is 2.12. The molecule has 11 nitrogen and oxygen atoms in total. The largest absolute Gasteiger partial charge is 0.387 e. The fraction of sp³-hybridized carbons (Fsp3) is 0.773. The number of aromatic amines is 1. The molecule has 0 amide bonds. The van der Waals surface area contributed by atoms with Crippen LogP contribution in [-0.4, -0.2) is 74.0 Å². The normalized spacial score (nSPS) is 23.9. The minimum Gasteiger partial charge on any atom is -0.387 e. The first-order chi connectivity index (χ1) is 17.5. The van der Waals surface area contributed by atoms with E-state index >= 15 is 0 Å². The Morgan fingerprint density at radius 1 is 1.34 bits per heavy atom. The number of aliphatic hydroxyl groups is 1. The first kappa shape index (κ1) is 33.9. The van der Waals surface area contributed by atoms with Crippen molar-refractivity contribution in [2.24, 2.45) is 5.41 Å². The first-order valence-electron chi connectivity index (χ1n) is 11.9. The molecule has 0 bridgehead atoms. The number of H-pyrrole nitrogens is 1. The maximum atomic E-state index is 12.3. The van der Waals surface area contributed by atoms with Crippen LogP contribution in [0.3, 0.4) is 0 Å². The summed E-state index contributed by atoms with van der Waals surface area (Å²) in [5.74, 6) is 0.364. The molecule has 1 aliphatic rings. The van der Waals surface area contributed by atoms with Crippen molar-refractivity contribution in [3.63, 3.8) is 0 Å². The Morgan fingerprint density at radius 2 is 2.00 bits per heavy atom. The molecule has 38 heavy (non-hydrogen) atoms. The Labute approximate surface area is 241 Å². The lowest BCUT2D eigenvalue weighted by atomic mass is 10.00. The summed E-state index contributed by atoms with van der Waals surface area (Å²) in [5, 5.41) is 13.9. The predicted molar refractivity (Wildman–Crippen MR) is 152 cm³/mol. The third kappa shape index (κ3) is 9.66. The molecule has 3 N–H and O–H groups in total. The summed E-state index contributed by atoms with van der Waals surface area (Å²) in [6.45, 7) is 8.21. The molecule has 2 rings (SSSR count). The van der Waals surface area contributed by atoms with Crippen LogP contribution in [0, 0.1) is 5.41 Å². The highest BCUT2D eigenvalue weighted by atomic mass is 35.5. The number of hydrogen-bond donors (Lipinski definition) is 3. The van der Waals surface area contributed by atoms with E-state index in [1.165, 1.54) is 6.20 Å². The summed E-state index contributed by atoms with van der Waals surface area (Å²) >= 11 is 19.6. The summed E-state index contributed by atoms with van der Waals surface area (Å²) in [6, 6.07) is 0.861. The van der Waals surface area contributed by atoms with Gasteiger partial charge in [0.05, 0.1) is 25.9 Å². The van der Waals surface area contributed by atoms with Gasteiger partial charge in [-0.1, -0.05) is 55.7 Å². The third-order valence-corrected chi connectivity index (χ3v) is 9.92. The topological polar surface area (TPSA) is 141 Å². The van der Waals surface area contributed by atoms with Gasteiger partial charge in [-0.25, -0.2) is 9.88 Å². The van der Waals surface area contributed by atoms with E-state index in [-0.39, 0.29) is 30.5 Å². The molecule has 0 spiro atoms. The fourth-order valence-electron chi connectivity index (χ4n) is 3.15. The van der Waals surface area contributed by atoms with Gasteiger partial charge in [-0.05, 0) is 32.6 Å². The second kappa shape index (κ2) is 14.0. The highest BCUT2D eigenvalue weighted by molar-refractivity contribution is 8.13. The summed E-state index contributed by atoms with van der Waals surface area (Å²) in [4.78, 5) is 38.0. The zero-order valence-electron chi connectivity index (χ0n) is 22.1. The molecule has 2 unspecified atom stereocenters. The molecule has 5 atom stereocenters. The molecule has 1 saturated heterocycles. The summed E-state index contributed by atoms with van der Waals surface area (Å²) in [5.41, 5.74) is -1.90. The van der Waals surface area contributed by atoms with Crippen molar-refractivity contribution >= 4 is 58.5 Å². The Hall–Kier alpha value is -0.310. The Kier molecular flexibility index (Phi) is 12.5. The van der Waals surface area contributed by atoms with Crippen LogP contribution in [0.5, 0.6) is 0 Å². The van der Waals surface area contributed by atoms with E-state index < -0.39 is 46.1 Å². The van der Waals surface area contributed by atoms with Gasteiger partial charge in [0.25, 0.3) is 12.2 Å². The fourth-order valence-corrected chi connectivity index (χ4v) is 7.12. The quantitative estimate of drug-likeness (QED) is 0.167. The second-order valence-corrected chi connectivity index (χ2v) is 15.8. The maximum Gasteiger partial charge on any atom is 0.330 e. The van der Waals surface area contributed by atoms with Gasteiger partial charge in [0.15, 0.2) is 15.7 Å². The molecular formula is C22H36Cl2N3O8PS2. The number of aromatic nitrogens is 2. The summed E-state index contributed by atoms with van der Waals surface area (Å²) in [6.07, 6.45) is -2.69. The van der Waals surface area contributed by atoms with Crippen LogP contribution in [0.2, 0.25) is 0 Å². The predicted octanol–water partition coefficient (Wildman–Crippen LogP) is 2.94. The van der Waals surface area contributed by atoms with E-state index in [2.05, 4.69) is 10.1 Å². The number of alkyl halides is 2. The van der Waals surface area contributed by atoms with E-state index in [4.69, 9.17) is 53.5 Å². The Morgan fingerprint density at radius 3 is 2.58 bits per heavy atom. The number of carbonyl (C=O) groups excluding carboxylic acids is 1. The van der Waals surface area contributed by atoms with Gasteiger partial charge in [0.1, 0.15) is 12.2 Å². The lowest BCUT2D eigenvalue weighted by Gasteiger charge is -2.28. The molecule has 1 aliphatic heterocycles. The molecular weight excluding hydrogens is 600 g/mol. The van der Waals surface area contributed by atoms with Gasteiger partial charge < -0.3 is 23.6 Å². The third-order valence-electron chi connectivity index (χ3n) is 5.14. The van der Waals surface area contributed by atoms with Gasteiger partial charge in [0, 0.05) is 29.5 Å². The Bertz CT molecular complexity index is 1110. The van der Waals surface area contributed by atoms with Crippen LogP contribution in [0.4, 0.5) is 0 Å². The van der Waals surface area contributed by atoms with Gasteiger partial charge in [0.2, 0.25) is 0 Å². The highest BCUT2D eigenvalue weighted by Crippen LogP contribution is 2.49. The van der Waals surface area contributed by atoms with Crippen molar-refractivity contribution in [2.75, 3.05) is 25.6 Å². The van der Waals surface area contributed by atoms with Crippen molar-refractivity contribution in [3.8, 4) is 0 Å². The second-order valence-electron chi connectivity index (χ2n) is 10.1. The highest BCUT2D eigenvalue weighted by Gasteiger charge is 2.56. The smallest absolute Gasteiger partial charge is 0.330 e. The molecule has 1 aromatic heterocycles. The molecule has 2 heterocycles. The monoisotopic (exact) mass is 635 g/mol. The summed E-state index contributed by atoms with van der Waals surface area (Å²) in [7, 11) is 0. The molecule has 0 saturated carbocycles. The number of rotatable bonds is 13.